The van der Waals surface area contributed by atoms with E-state index >= 15 is 0 Å². The first-order valence-corrected chi connectivity index (χ1v) is 9.95. The first-order valence-electron chi connectivity index (χ1n) is 9.07. The van der Waals surface area contributed by atoms with Gasteiger partial charge < -0.3 is 9.30 Å². The van der Waals surface area contributed by atoms with E-state index in [0.717, 1.165) is 68.2 Å². The van der Waals surface area contributed by atoms with E-state index < -0.39 is 0 Å². The van der Waals surface area contributed by atoms with Crippen LogP contribution in [0.25, 0.3) is 0 Å². The van der Waals surface area contributed by atoms with Crippen molar-refractivity contribution in [3.63, 3.8) is 0 Å². The summed E-state index contributed by atoms with van der Waals surface area (Å²) in [5, 5.41) is 3.22. The summed E-state index contributed by atoms with van der Waals surface area (Å²) < 4.78 is 7.12. The highest BCUT2D eigenvalue weighted by molar-refractivity contribution is 7.09. The molecule has 0 spiro atoms. The van der Waals surface area contributed by atoms with Crippen molar-refractivity contribution in [2.75, 3.05) is 33.3 Å². The second-order valence-corrected chi connectivity index (χ2v) is 7.89. The predicted molar refractivity (Wildman–Crippen MR) is 104 cm³/mol. The topological polar surface area (TPSA) is 50.6 Å². The van der Waals surface area contributed by atoms with Gasteiger partial charge in [-0.1, -0.05) is 0 Å². The number of carbonyl (C=O) groups excluding carboxylic acids is 1. The minimum absolute atomic E-state index is 0.235. The summed E-state index contributed by atoms with van der Waals surface area (Å²) in [5.41, 5.74) is 3.96. The Labute approximate surface area is 159 Å². The van der Waals surface area contributed by atoms with Gasteiger partial charge in [-0.3, -0.25) is 9.80 Å². The van der Waals surface area contributed by atoms with E-state index in [1.54, 1.807) is 11.3 Å². The van der Waals surface area contributed by atoms with Crippen molar-refractivity contribution in [2.45, 2.75) is 33.4 Å². The van der Waals surface area contributed by atoms with Crippen molar-refractivity contribution < 1.29 is 9.53 Å². The number of hydrogen-bond acceptors (Lipinski definition) is 6. The molecule has 2 aromatic heterocycles. The van der Waals surface area contributed by atoms with E-state index in [4.69, 9.17) is 4.74 Å². The molecule has 0 N–H and O–H groups in total. The Kier molecular flexibility index (Phi) is 6.11. The number of rotatable bonds is 5. The first-order chi connectivity index (χ1) is 12.5. The Morgan fingerprint density at radius 1 is 1.15 bits per heavy atom. The summed E-state index contributed by atoms with van der Waals surface area (Å²) in [6.07, 6.45) is 3.00. The molecule has 0 amide bonds. The minimum atomic E-state index is -0.235. The third kappa shape index (κ3) is 4.00. The lowest BCUT2D eigenvalue weighted by molar-refractivity contribution is 0.0597. The number of aromatic nitrogens is 2. The van der Waals surface area contributed by atoms with Crippen molar-refractivity contribution in [3.8, 4) is 0 Å². The molecule has 1 fully saturated rings. The molecular formula is C19H28N4O2S. The van der Waals surface area contributed by atoms with Crippen molar-refractivity contribution in [1.29, 1.82) is 0 Å². The zero-order valence-corrected chi connectivity index (χ0v) is 16.9. The molecule has 0 aliphatic carbocycles. The van der Waals surface area contributed by atoms with Gasteiger partial charge in [0, 0.05) is 55.2 Å². The van der Waals surface area contributed by atoms with Crippen LogP contribution in [0.5, 0.6) is 0 Å². The molecule has 142 valence electrons. The van der Waals surface area contributed by atoms with E-state index in [-0.39, 0.29) is 5.97 Å². The van der Waals surface area contributed by atoms with Crippen LogP contribution in [0.4, 0.5) is 0 Å². The Morgan fingerprint density at radius 2 is 1.85 bits per heavy atom. The van der Waals surface area contributed by atoms with Crippen LogP contribution >= 0.6 is 11.3 Å². The highest BCUT2D eigenvalue weighted by atomic mass is 32.1. The van der Waals surface area contributed by atoms with Gasteiger partial charge in [0.15, 0.2) is 0 Å². The molecule has 0 unspecified atom stereocenters. The van der Waals surface area contributed by atoms with Gasteiger partial charge in [-0.15, -0.1) is 11.3 Å². The van der Waals surface area contributed by atoms with Crippen LogP contribution in [0.1, 0.15) is 38.7 Å². The van der Waals surface area contributed by atoms with Gasteiger partial charge in [-0.2, -0.15) is 0 Å². The number of hydrogen-bond donors (Lipinski definition) is 0. The van der Waals surface area contributed by atoms with Crippen LogP contribution in [0.15, 0.2) is 11.6 Å². The zero-order valence-electron chi connectivity index (χ0n) is 16.1. The maximum absolute atomic E-state index is 12.3. The summed E-state index contributed by atoms with van der Waals surface area (Å²) in [6.45, 7) is 9.96. The van der Waals surface area contributed by atoms with E-state index in [2.05, 4.69) is 26.3 Å². The van der Waals surface area contributed by atoms with Crippen molar-refractivity contribution in [1.82, 2.24) is 19.4 Å². The third-order valence-corrected chi connectivity index (χ3v) is 6.17. The molecule has 3 heterocycles. The number of nitrogens with zero attached hydrogens (tertiary/aromatic N) is 4. The van der Waals surface area contributed by atoms with E-state index in [1.807, 2.05) is 25.5 Å². The molecule has 0 aromatic carbocycles. The van der Waals surface area contributed by atoms with Gasteiger partial charge in [0.25, 0.3) is 0 Å². The average Bonchev–Trinajstić information content (AvgIpc) is 3.13. The quantitative estimate of drug-likeness (QED) is 0.751. The van der Waals surface area contributed by atoms with Crippen LogP contribution in [-0.2, 0) is 24.9 Å². The maximum Gasteiger partial charge on any atom is 0.340 e. The van der Waals surface area contributed by atoms with Gasteiger partial charge in [0.05, 0.1) is 19.2 Å². The molecular weight excluding hydrogens is 348 g/mol. The number of esters is 1. The van der Waals surface area contributed by atoms with Crippen molar-refractivity contribution in [2.24, 2.45) is 7.05 Å². The van der Waals surface area contributed by atoms with E-state index in [1.165, 1.54) is 12.1 Å². The highest BCUT2D eigenvalue weighted by Gasteiger charge is 2.25. The lowest BCUT2D eigenvalue weighted by Gasteiger charge is -2.21. The van der Waals surface area contributed by atoms with Gasteiger partial charge in [-0.25, -0.2) is 9.78 Å². The Morgan fingerprint density at radius 3 is 2.46 bits per heavy atom. The summed E-state index contributed by atoms with van der Waals surface area (Å²) in [5.74, 6) is -0.235. The van der Waals surface area contributed by atoms with Crippen LogP contribution in [0, 0.1) is 13.8 Å². The number of ether oxygens (including phenoxy) is 1. The highest BCUT2D eigenvalue weighted by Crippen LogP contribution is 2.24. The number of carbonyl (C=O) groups is 1. The smallest absolute Gasteiger partial charge is 0.340 e. The second kappa shape index (κ2) is 8.33. The molecule has 0 saturated carbocycles. The molecule has 0 radical (unpaired) electrons. The maximum atomic E-state index is 12.3. The molecule has 6 nitrogen and oxygen atoms in total. The molecule has 1 saturated heterocycles. The molecule has 7 heteroatoms. The van der Waals surface area contributed by atoms with E-state index in [0.29, 0.717) is 0 Å². The molecule has 1 aliphatic heterocycles. The van der Waals surface area contributed by atoms with Crippen LogP contribution in [-0.4, -0.2) is 58.6 Å². The van der Waals surface area contributed by atoms with Crippen molar-refractivity contribution >= 4 is 17.3 Å². The lowest BCUT2D eigenvalue weighted by Crippen LogP contribution is -2.30. The average molecular weight is 377 g/mol. The van der Waals surface area contributed by atoms with E-state index in [9.17, 15) is 4.79 Å². The van der Waals surface area contributed by atoms with Gasteiger partial charge in [-0.05, 0) is 33.4 Å². The van der Waals surface area contributed by atoms with Crippen molar-refractivity contribution in [3.05, 3.63) is 39.1 Å². The molecule has 26 heavy (non-hydrogen) atoms. The summed E-state index contributed by atoms with van der Waals surface area (Å²) in [7, 11) is 3.47. The SMILES string of the molecule is COC(=O)c1c(CN2CCCN(Cc3nccs3)CC2)c(C)n(C)c1C. The zero-order chi connectivity index (χ0) is 18.7. The fourth-order valence-corrected chi connectivity index (χ4v) is 4.33. The van der Waals surface area contributed by atoms with Crippen LogP contribution in [0.3, 0.4) is 0 Å². The number of methoxy groups -OCH3 is 1. The number of thiazole rings is 1. The lowest BCUT2D eigenvalue weighted by atomic mass is 10.1. The molecule has 0 atom stereocenters. The Bertz CT molecular complexity index is 754. The summed E-state index contributed by atoms with van der Waals surface area (Å²) in [6, 6.07) is 0. The molecule has 3 rings (SSSR count). The molecule has 0 bridgehead atoms. The predicted octanol–water partition coefficient (Wildman–Crippen LogP) is 2.59. The third-order valence-electron chi connectivity index (χ3n) is 5.40. The monoisotopic (exact) mass is 376 g/mol. The fraction of sp³-hybridized carbons (Fsp3) is 0.579. The first kappa shape index (κ1) is 19.1. The van der Waals surface area contributed by atoms with Crippen LogP contribution < -0.4 is 0 Å². The Balaban J connectivity index is 1.70. The minimum Gasteiger partial charge on any atom is -0.465 e. The van der Waals surface area contributed by atoms with Crippen LogP contribution in [0.2, 0.25) is 0 Å². The second-order valence-electron chi connectivity index (χ2n) is 6.91. The fourth-order valence-electron chi connectivity index (χ4n) is 3.67. The van der Waals surface area contributed by atoms with Gasteiger partial charge in [0.2, 0.25) is 0 Å². The Hall–Kier alpha value is -1.70. The van der Waals surface area contributed by atoms with Gasteiger partial charge in [0.1, 0.15) is 5.01 Å². The normalized spacial score (nSPS) is 16.6. The largest absolute Gasteiger partial charge is 0.465 e. The molecule has 2 aromatic rings. The van der Waals surface area contributed by atoms with Gasteiger partial charge >= 0.3 is 5.97 Å². The summed E-state index contributed by atoms with van der Waals surface area (Å²) in [4.78, 5) is 21.6. The standard InChI is InChI=1S/C19H28N4O2S/c1-14-16(18(19(24)25-4)15(2)21(14)3)12-22-7-5-8-23(10-9-22)13-17-20-6-11-26-17/h6,11H,5,7-10,12-13H2,1-4H3. The molecule has 1 aliphatic rings. The summed E-state index contributed by atoms with van der Waals surface area (Å²) >= 11 is 1.72.